The number of aromatic amines is 1. The van der Waals surface area contributed by atoms with Crippen LogP contribution in [0.5, 0.6) is 0 Å². The molecule has 0 radical (unpaired) electrons. The van der Waals surface area contributed by atoms with Gasteiger partial charge in [-0.3, -0.25) is 14.8 Å². The molecule has 35 heavy (non-hydrogen) atoms. The molecule has 0 spiro atoms. The monoisotopic (exact) mass is 496 g/mol. The van der Waals surface area contributed by atoms with Crippen LogP contribution in [0, 0.1) is 6.92 Å². The lowest BCUT2D eigenvalue weighted by molar-refractivity contribution is -0.143. The van der Waals surface area contributed by atoms with E-state index in [0.717, 1.165) is 79.5 Å². The Morgan fingerprint density at radius 1 is 1.23 bits per heavy atom. The summed E-state index contributed by atoms with van der Waals surface area (Å²) in [5.41, 5.74) is 1.91. The molecule has 3 N–H and O–H groups in total. The van der Waals surface area contributed by atoms with Crippen molar-refractivity contribution >= 4 is 45.0 Å². The van der Waals surface area contributed by atoms with Gasteiger partial charge in [0.15, 0.2) is 11.6 Å². The molecular weight excluding hydrogens is 464 g/mol. The number of piperidine rings is 2. The van der Waals surface area contributed by atoms with E-state index in [0.29, 0.717) is 12.5 Å². The molecule has 3 fully saturated rings. The Morgan fingerprint density at radius 3 is 2.77 bits per heavy atom. The molecule has 0 aliphatic carbocycles. The van der Waals surface area contributed by atoms with Gasteiger partial charge in [-0.2, -0.15) is 10.1 Å². The number of anilines is 3. The van der Waals surface area contributed by atoms with Crippen molar-refractivity contribution in [3.63, 3.8) is 0 Å². The number of hydrogen-bond acceptors (Lipinski definition) is 9. The molecule has 3 aromatic heterocycles. The third-order valence-electron chi connectivity index (χ3n) is 7.31. The summed E-state index contributed by atoms with van der Waals surface area (Å²) >= 11 is 1.62. The second-order valence-electron chi connectivity index (χ2n) is 9.83. The van der Waals surface area contributed by atoms with Gasteiger partial charge in [0.2, 0.25) is 11.9 Å². The normalized spacial score (nSPS) is 25.1. The highest BCUT2D eigenvalue weighted by molar-refractivity contribution is 7.17. The number of nitrogens with zero attached hydrogens (tertiary/aromatic N) is 5. The molecular formula is C24H32N8O2S. The van der Waals surface area contributed by atoms with Gasteiger partial charge in [0.05, 0.1) is 30.0 Å². The number of aromatic nitrogens is 4. The minimum atomic E-state index is 0.245. The van der Waals surface area contributed by atoms with E-state index in [1.807, 2.05) is 24.4 Å². The second kappa shape index (κ2) is 9.71. The summed E-state index contributed by atoms with van der Waals surface area (Å²) in [5, 5.41) is 16.2. The molecule has 6 rings (SSSR count). The molecule has 0 saturated carbocycles. The lowest BCUT2D eigenvalue weighted by Crippen LogP contribution is -2.59. The molecule has 3 aliphatic heterocycles. The van der Waals surface area contributed by atoms with E-state index in [9.17, 15) is 4.79 Å². The number of fused-ring (bicyclic) bond motifs is 3. The smallest absolute Gasteiger partial charge is 0.237 e. The van der Waals surface area contributed by atoms with Crippen molar-refractivity contribution in [1.82, 2.24) is 30.0 Å². The van der Waals surface area contributed by atoms with E-state index in [-0.39, 0.29) is 24.0 Å². The fraction of sp³-hybridized carbons (Fsp3) is 0.583. The van der Waals surface area contributed by atoms with Gasteiger partial charge in [-0.05, 0) is 50.5 Å². The zero-order chi connectivity index (χ0) is 23.8. The molecule has 6 heterocycles. The van der Waals surface area contributed by atoms with Crippen molar-refractivity contribution in [2.75, 3.05) is 43.5 Å². The summed E-state index contributed by atoms with van der Waals surface area (Å²) in [4.78, 5) is 27.3. The van der Waals surface area contributed by atoms with Crippen molar-refractivity contribution in [3.8, 4) is 0 Å². The number of carbonyl (C=O) groups excluding carboxylic acids is 1. The zero-order valence-corrected chi connectivity index (χ0v) is 20.8. The lowest BCUT2D eigenvalue weighted by atomic mass is 9.81. The zero-order valence-electron chi connectivity index (χ0n) is 20.0. The second-order valence-corrected chi connectivity index (χ2v) is 10.7. The van der Waals surface area contributed by atoms with Crippen molar-refractivity contribution in [2.45, 2.75) is 57.2 Å². The maximum Gasteiger partial charge on any atom is 0.237 e. The molecule has 3 saturated heterocycles. The molecule has 2 atom stereocenters. The van der Waals surface area contributed by atoms with Gasteiger partial charge in [0, 0.05) is 43.0 Å². The Morgan fingerprint density at radius 2 is 2.03 bits per heavy atom. The predicted molar refractivity (Wildman–Crippen MR) is 136 cm³/mol. The molecule has 186 valence electrons. The standard InChI is InChI=1S/C24H32N8O2S/c1-15-11-20(30-29-15)27-23-22-19(5-10-35-22)26-24(28-23)25-16-12-17-3-2-4-18(13-16)32(17)21(33)14-31-6-8-34-9-7-31/h5,10-11,16-18H,2-4,6-9,12-14H2,1H3,(H3,25,26,27,28,29,30). The fourth-order valence-electron chi connectivity index (χ4n) is 5.74. The van der Waals surface area contributed by atoms with Crippen LogP contribution in [0.15, 0.2) is 17.5 Å². The predicted octanol–water partition coefficient (Wildman–Crippen LogP) is 3.12. The Hall–Kier alpha value is -2.76. The van der Waals surface area contributed by atoms with Crippen LogP contribution in [0.2, 0.25) is 0 Å². The van der Waals surface area contributed by atoms with Gasteiger partial charge in [-0.1, -0.05) is 0 Å². The third kappa shape index (κ3) is 4.85. The molecule has 3 aliphatic rings. The van der Waals surface area contributed by atoms with Crippen molar-refractivity contribution in [2.24, 2.45) is 0 Å². The van der Waals surface area contributed by atoms with Crippen LogP contribution < -0.4 is 10.6 Å². The van der Waals surface area contributed by atoms with Crippen molar-refractivity contribution in [1.29, 1.82) is 0 Å². The molecule has 2 unspecified atom stereocenters. The summed E-state index contributed by atoms with van der Waals surface area (Å²) in [6.45, 7) is 5.61. The molecule has 0 aromatic carbocycles. The van der Waals surface area contributed by atoms with E-state index < -0.39 is 0 Å². The molecule has 10 nitrogen and oxygen atoms in total. The number of H-pyrrole nitrogens is 1. The first kappa shape index (κ1) is 22.7. The summed E-state index contributed by atoms with van der Waals surface area (Å²) in [5.74, 6) is 2.40. The van der Waals surface area contributed by atoms with Crippen LogP contribution in [-0.2, 0) is 9.53 Å². The number of thiophene rings is 1. The van der Waals surface area contributed by atoms with E-state index >= 15 is 0 Å². The van der Waals surface area contributed by atoms with Gasteiger partial charge in [-0.15, -0.1) is 11.3 Å². The van der Waals surface area contributed by atoms with E-state index in [1.165, 1.54) is 6.42 Å². The van der Waals surface area contributed by atoms with E-state index in [2.05, 4.69) is 30.6 Å². The van der Waals surface area contributed by atoms with Crippen LogP contribution in [0.3, 0.4) is 0 Å². The largest absolute Gasteiger partial charge is 0.379 e. The third-order valence-corrected chi connectivity index (χ3v) is 8.22. The van der Waals surface area contributed by atoms with Crippen molar-refractivity contribution < 1.29 is 9.53 Å². The van der Waals surface area contributed by atoms with Crippen LogP contribution in [0.25, 0.3) is 10.2 Å². The van der Waals surface area contributed by atoms with Crippen LogP contribution in [0.1, 0.15) is 37.8 Å². The topological polar surface area (TPSA) is 111 Å². The SMILES string of the molecule is Cc1cc(Nc2nc(NC3CC4CCCC(C3)N4C(=O)CN3CCOCC3)nc3ccsc23)n[nH]1. The highest BCUT2D eigenvalue weighted by Gasteiger charge is 2.41. The quantitative estimate of drug-likeness (QED) is 0.477. The van der Waals surface area contributed by atoms with Crippen LogP contribution in [0.4, 0.5) is 17.6 Å². The number of ether oxygens (including phenoxy) is 1. The van der Waals surface area contributed by atoms with Crippen molar-refractivity contribution in [3.05, 3.63) is 23.2 Å². The van der Waals surface area contributed by atoms with Gasteiger partial charge in [0.25, 0.3) is 0 Å². The number of aryl methyl sites for hydroxylation is 1. The lowest BCUT2D eigenvalue weighted by Gasteiger charge is -2.49. The average Bonchev–Trinajstić information content (AvgIpc) is 3.48. The Balaban J connectivity index is 1.16. The average molecular weight is 497 g/mol. The van der Waals surface area contributed by atoms with Crippen LogP contribution in [-0.4, -0.2) is 86.8 Å². The highest BCUT2D eigenvalue weighted by atomic mass is 32.1. The number of rotatable bonds is 6. The minimum absolute atomic E-state index is 0.245. The number of amides is 1. The molecule has 11 heteroatoms. The number of carbonyl (C=O) groups is 1. The Bertz CT molecular complexity index is 1180. The highest BCUT2D eigenvalue weighted by Crippen LogP contribution is 2.36. The van der Waals surface area contributed by atoms with Crippen LogP contribution >= 0.6 is 11.3 Å². The molecule has 2 bridgehead atoms. The molecule has 3 aromatic rings. The van der Waals surface area contributed by atoms with Gasteiger partial charge in [0.1, 0.15) is 0 Å². The minimum Gasteiger partial charge on any atom is -0.379 e. The maximum atomic E-state index is 13.3. The summed E-state index contributed by atoms with van der Waals surface area (Å²) in [7, 11) is 0. The summed E-state index contributed by atoms with van der Waals surface area (Å²) in [6, 6.07) is 4.79. The first-order valence-corrected chi connectivity index (χ1v) is 13.4. The molecule has 1 amide bonds. The first-order chi connectivity index (χ1) is 17.1. The maximum absolute atomic E-state index is 13.3. The van der Waals surface area contributed by atoms with E-state index in [4.69, 9.17) is 14.7 Å². The number of morpholine rings is 1. The van der Waals surface area contributed by atoms with E-state index in [1.54, 1.807) is 11.3 Å². The van der Waals surface area contributed by atoms with Gasteiger partial charge in [-0.25, -0.2) is 4.98 Å². The Kier molecular flexibility index (Phi) is 6.29. The summed E-state index contributed by atoms with van der Waals surface area (Å²) in [6.07, 6.45) is 5.19. The number of nitrogens with one attached hydrogen (secondary N) is 3. The summed E-state index contributed by atoms with van der Waals surface area (Å²) < 4.78 is 6.45. The first-order valence-electron chi connectivity index (χ1n) is 12.5. The fourth-order valence-corrected chi connectivity index (χ4v) is 6.51. The van der Waals surface area contributed by atoms with Gasteiger partial charge < -0.3 is 20.3 Å². The Labute approximate surface area is 208 Å². The van der Waals surface area contributed by atoms with Gasteiger partial charge >= 0.3 is 0 Å². The number of hydrogen-bond donors (Lipinski definition) is 3.